The lowest BCUT2D eigenvalue weighted by atomic mass is 10.0. The van der Waals surface area contributed by atoms with E-state index in [1.54, 1.807) is 0 Å². The molecule has 0 saturated heterocycles. The van der Waals surface area contributed by atoms with Gasteiger partial charge in [0.1, 0.15) is 11.3 Å². The molecule has 0 aliphatic carbocycles. The van der Waals surface area contributed by atoms with Crippen molar-refractivity contribution >= 4 is 5.97 Å². The van der Waals surface area contributed by atoms with Crippen LogP contribution in [0, 0.1) is 0 Å². The molecule has 1 aromatic rings. The highest BCUT2D eigenvalue weighted by molar-refractivity contribution is 5.95. The van der Waals surface area contributed by atoms with Crippen LogP contribution in [0.2, 0.25) is 0 Å². The third kappa shape index (κ3) is 1.69. The lowest BCUT2D eigenvalue weighted by Crippen LogP contribution is -2.30. The second kappa shape index (κ2) is 3.93. The van der Waals surface area contributed by atoms with Crippen molar-refractivity contribution in [3.8, 4) is 5.75 Å². The molecular weight excluding hydrogens is 192 g/mol. The number of carbonyl (C=O) groups is 1. The van der Waals surface area contributed by atoms with E-state index in [4.69, 9.17) is 9.47 Å². The molecule has 0 spiro atoms. The Labute approximate surface area is 89.0 Å². The van der Waals surface area contributed by atoms with Gasteiger partial charge in [-0.2, -0.15) is 0 Å². The summed E-state index contributed by atoms with van der Waals surface area (Å²) in [6.07, 6.45) is 1.04. The smallest absolute Gasteiger partial charge is 0.345 e. The molecule has 3 nitrogen and oxygen atoms in total. The van der Waals surface area contributed by atoms with E-state index in [0.29, 0.717) is 17.7 Å². The van der Waals surface area contributed by atoms with Crippen LogP contribution in [0.5, 0.6) is 5.75 Å². The molecule has 1 aliphatic heterocycles. The van der Waals surface area contributed by atoms with Crippen LogP contribution in [0.25, 0.3) is 0 Å². The lowest BCUT2D eigenvalue weighted by Gasteiger charge is -2.25. The highest BCUT2D eigenvalue weighted by Crippen LogP contribution is 2.29. The highest BCUT2D eigenvalue weighted by atomic mass is 16.7. The van der Waals surface area contributed by atoms with E-state index in [1.165, 1.54) is 0 Å². The van der Waals surface area contributed by atoms with Crippen LogP contribution in [-0.4, -0.2) is 12.3 Å². The molecule has 1 atom stereocenters. The molecule has 0 saturated carbocycles. The monoisotopic (exact) mass is 206 g/mol. The number of rotatable bonds is 2. The maximum absolute atomic E-state index is 11.7. The Morgan fingerprint density at radius 1 is 1.27 bits per heavy atom. The minimum Gasteiger partial charge on any atom is -0.454 e. The first kappa shape index (κ1) is 10.0. The summed E-state index contributed by atoms with van der Waals surface area (Å²) >= 11 is 0. The van der Waals surface area contributed by atoms with E-state index in [2.05, 4.69) is 0 Å². The quantitative estimate of drug-likeness (QED) is 0.697. The Morgan fingerprint density at radius 3 is 2.73 bits per heavy atom. The number of fused-ring (bicyclic) bond motifs is 1. The summed E-state index contributed by atoms with van der Waals surface area (Å²) in [4.78, 5) is 11.7. The summed E-state index contributed by atoms with van der Waals surface area (Å²) in [6, 6.07) is 5.65. The van der Waals surface area contributed by atoms with Crippen LogP contribution in [-0.2, 0) is 11.2 Å². The van der Waals surface area contributed by atoms with Gasteiger partial charge in [0, 0.05) is 6.42 Å². The average Bonchev–Trinajstić information content (AvgIpc) is 2.27. The summed E-state index contributed by atoms with van der Waals surface area (Å²) in [6.45, 7) is 3.93. The van der Waals surface area contributed by atoms with Gasteiger partial charge in [-0.15, -0.1) is 0 Å². The van der Waals surface area contributed by atoms with Gasteiger partial charge < -0.3 is 9.47 Å². The van der Waals surface area contributed by atoms with Crippen molar-refractivity contribution in [1.29, 1.82) is 0 Å². The number of ether oxygens (including phenoxy) is 2. The first-order valence-corrected chi connectivity index (χ1v) is 5.25. The molecule has 80 valence electrons. The van der Waals surface area contributed by atoms with Crippen LogP contribution in [0.15, 0.2) is 18.2 Å². The predicted octanol–water partition coefficient (Wildman–Crippen LogP) is 2.53. The van der Waals surface area contributed by atoms with Gasteiger partial charge >= 0.3 is 5.97 Å². The van der Waals surface area contributed by atoms with Gasteiger partial charge in [-0.1, -0.05) is 26.0 Å². The molecule has 1 aliphatic rings. The Kier molecular flexibility index (Phi) is 2.62. The second-order valence-electron chi connectivity index (χ2n) is 3.50. The molecule has 0 radical (unpaired) electrons. The van der Waals surface area contributed by atoms with E-state index < -0.39 is 6.29 Å². The van der Waals surface area contributed by atoms with Crippen LogP contribution in [0.1, 0.15) is 36.2 Å². The zero-order valence-electron chi connectivity index (χ0n) is 8.95. The van der Waals surface area contributed by atoms with Crippen LogP contribution in [0.4, 0.5) is 0 Å². The van der Waals surface area contributed by atoms with Gasteiger partial charge in [-0.05, 0) is 18.1 Å². The normalized spacial score (nSPS) is 19.1. The summed E-state index contributed by atoms with van der Waals surface area (Å²) in [5.74, 6) is 0.387. The minimum absolute atomic E-state index is 0.263. The molecule has 0 aromatic heterocycles. The Hall–Kier alpha value is -1.51. The van der Waals surface area contributed by atoms with Gasteiger partial charge in [-0.25, -0.2) is 4.79 Å². The van der Waals surface area contributed by atoms with Crippen molar-refractivity contribution in [2.45, 2.75) is 33.0 Å². The predicted molar refractivity (Wildman–Crippen MR) is 55.9 cm³/mol. The molecule has 1 heterocycles. The topological polar surface area (TPSA) is 35.5 Å². The molecule has 1 aromatic carbocycles. The Morgan fingerprint density at radius 2 is 2.07 bits per heavy atom. The standard InChI is InChI=1S/C12H14O3/c1-3-8-6-5-7-9-11(8)12(13)15-10(4-2)14-9/h5-7,10H,3-4H2,1-2H3. The van der Waals surface area contributed by atoms with Crippen molar-refractivity contribution in [2.24, 2.45) is 0 Å². The van der Waals surface area contributed by atoms with Crippen LogP contribution < -0.4 is 4.74 Å². The molecule has 1 unspecified atom stereocenters. The second-order valence-corrected chi connectivity index (χ2v) is 3.50. The summed E-state index contributed by atoms with van der Waals surface area (Å²) < 4.78 is 10.7. The zero-order valence-corrected chi connectivity index (χ0v) is 8.95. The van der Waals surface area contributed by atoms with Crippen LogP contribution >= 0.6 is 0 Å². The fraction of sp³-hybridized carbons (Fsp3) is 0.417. The number of esters is 1. The van der Waals surface area contributed by atoms with E-state index in [0.717, 1.165) is 12.0 Å². The van der Waals surface area contributed by atoms with Gasteiger partial charge in [0.15, 0.2) is 0 Å². The summed E-state index contributed by atoms with van der Waals surface area (Å²) in [7, 11) is 0. The summed E-state index contributed by atoms with van der Waals surface area (Å²) in [5, 5.41) is 0. The van der Waals surface area contributed by atoms with Crippen LogP contribution in [0.3, 0.4) is 0 Å². The van der Waals surface area contributed by atoms with Crippen molar-refractivity contribution in [3.63, 3.8) is 0 Å². The number of benzene rings is 1. The first-order valence-electron chi connectivity index (χ1n) is 5.25. The maximum Gasteiger partial charge on any atom is 0.345 e. The largest absolute Gasteiger partial charge is 0.454 e. The molecule has 0 bridgehead atoms. The van der Waals surface area contributed by atoms with E-state index >= 15 is 0 Å². The van der Waals surface area contributed by atoms with Gasteiger partial charge in [-0.3, -0.25) is 0 Å². The SMILES string of the molecule is CCc1cccc2c1C(=O)OC(CC)O2. The molecule has 15 heavy (non-hydrogen) atoms. The van der Waals surface area contributed by atoms with Crippen molar-refractivity contribution in [1.82, 2.24) is 0 Å². The van der Waals surface area contributed by atoms with Crippen molar-refractivity contribution in [2.75, 3.05) is 0 Å². The van der Waals surface area contributed by atoms with E-state index in [9.17, 15) is 4.79 Å². The van der Waals surface area contributed by atoms with Gasteiger partial charge in [0.05, 0.1) is 0 Å². The van der Waals surface area contributed by atoms with Crippen molar-refractivity contribution < 1.29 is 14.3 Å². The highest BCUT2D eigenvalue weighted by Gasteiger charge is 2.28. The molecule has 3 heteroatoms. The number of carbonyl (C=O) groups excluding carboxylic acids is 1. The maximum atomic E-state index is 11.7. The minimum atomic E-state index is -0.433. The summed E-state index contributed by atoms with van der Waals surface area (Å²) in [5.41, 5.74) is 1.57. The molecule has 0 N–H and O–H groups in total. The number of hydrogen-bond acceptors (Lipinski definition) is 3. The number of aryl methyl sites for hydroxylation is 1. The Bertz CT molecular complexity index is 384. The van der Waals surface area contributed by atoms with E-state index in [1.807, 2.05) is 32.0 Å². The number of cyclic esters (lactones) is 1. The van der Waals surface area contributed by atoms with Gasteiger partial charge in [0.2, 0.25) is 6.29 Å². The third-order valence-electron chi connectivity index (χ3n) is 2.53. The Balaban J connectivity index is 2.44. The average molecular weight is 206 g/mol. The molecular formula is C12H14O3. The fourth-order valence-electron chi connectivity index (χ4n) is 1.71. The first-order chi connectivity index (χ1) is 7.26. The lowest BCUT2D eigenvalue weighted by molar-refractivity contribution is -0.0613. The third-order valence-corrected chi connectivity index (χ3v) is 2.53. The molecule has 2 rings (SSSR count). The van der Waals surface area contributed by atoms with E-state index in [-0.39, 0.29) is 5.97 Å². The van der Waals surface area contributed by atoms with Gasteiger partial charge in [0.25, 0.3) is 0 Å². The fourth-order valence-corrected chi connectivity index (χ4v) is 1.71. The number of hydrogen-bond donors (Lipinski definition) is 0. The van der Waals surface area contributed by atoms with Crippen molar-refractivity contribution in [3.05, 3.63) is 29.3 Å². The zero-order chi connectivity index (χ0) is 10.8. The molecule has 0 amide bonds. The molecule has 0 fully saturated rings.